The fourth-order valence-electron chi connectivity index (χ4n) is 2.87. The van der Waals surface area contributed by atoms with E-state index < -0.39 is 0 Å². The molecule has 2 aromatic carbocycles. The van der Waals surface area contributed by atoms with E-state index in [1.54, 1.807) is 31.4 Å². The molecule has 0 spiro atoms. The van der Waals surface area contributed by atoms with Gasteiger partial charge in [0.05, 0.1) is 7.11 Å². The van der Waals surface area contributed by atoms with Gasteiger partial charge in [0.25, 0.3) is 11.8 Å². The molecule has 0 radical (unpaired) electrons. The first-order valence-corrected chi connectivity index (χ1v) is 10.1. The average molecular weight is 408 g/mol. The predicted molar refractivity (Wildman–Crippen MR) is 110 cm³/mol. The van der Waals surface area contributed by atoms with E-state index in [4.69, 9.17) is 4.74 Å². The van der Waals surface area contributed by atoms with Crippen LogP contribution in [-0.4, -0.2) is 29.1 Å². The van der Waals surface area contributed by atoms with Gasteiger partial charge in [0.2, 0.25) is 5.01 Å². The van der Waals surface area contributed by atoms with E-state index in [0.29, 0.717) is 28.7 Å². The Balaban J connectivity index is 1.39. The molecule has 29 heavy (non-hydrogen) atoms. The third kappa shape index (κ3) is 4.60. The third-order valence-corrected chi connectivity index (χ3v) is 5.66. The van der Waals surface area contributed by atoms with E-state index in [-0.39, 0.29) is 11.8 Å². The number of nitrogens with one attached hydrogen (secondary N) is 2. The zero-order valence-corrected chi connectivity index (χ0v) is 16.7. The van der Waals surface area contributed by atoms with Gasteiger partial charge in [-0.25, -0.2) is 0 Å². The standard InChI is InChI=1S/C21H20N4O3S/c1-28-17-8-3-2-5-15(17)12-22-18(26)14-6-4-7-16(11-14)23-19(27)21-25-24-20(29-21)13-9-10-13/h2-8,11,13H,9-10,12H2,1H3,(H,22,26)(H,23,27). The number of carbonyl (C=O) groups is 2. The van der Waals surface area contributed by atoms with Crippen LogP contribution < -0.4 is 15.4 Å². The molecule has 4 rings (SSSR count). The molecular formula is C21H20N4O3S. The number of nitrogens with zero attached hydrogens (tertiary/aromatic N) is 2. The van der Waals surface area contributed by atoms with E-state index in [9.17, 15) is 9.59 Å². The zero-order valence-electron chi connectivity index (χ0n) is 15.8. The summed E-state index contributed by atoms with van der Waals surface area (Å²) in [5.41, 5.74) is 1.87. The van der Waals surface area contributed by atoms with Crippen LogP contribution in [-0.2, 0) is 6.54 Å². The Morgan fingerprint density at radius 1 is 1.10 bits per heavy atom. The molecule has 0 bridgehead atoms. The van der Waals surface area contributed by atoms with Gasteiger partial charge in [-0.2, -0.15) is 0 Å². The van der Waals surface area contributed by atoms with Crippen molar-refractivity contribution in [3.8, 4) is 5.75 Å². The van der Waals surface area contributed by atoms with Crippen molar-refractivity contribution in [2.45, 2.75) is 25.3 Å². The second kappa shape index (κ2) is 8.40. The molecule has 1 saturated carbocycles. The van der Waals surface area contributed by atoms with Gasteiger partial charge in [0.15, 0.2) is 0 Å². The summed E-state index contributed by atoms with van der Waals surface area (Å²) in [5, 5.41) is 15.0. The highest BCUT2D eigenvalue weighted by Gasteiger charge is 2.28. The molecule has 2 N–H and O–H groups in total. The van der Waals surface area contributed by atoms with Crippen molar-refractivity contribution in [1.29, 1.82) is 0 Å². The van der Waals surface area contributed by atoms with Crippen molar-refractivity contribution in [1.82, 2.24) is 15.5 Å². The summed E-state index contributed by atoms with van der Waals surface area (Å²) < 4.78 is 5.30. The molecule has 7 nitrogen and oxygen atoms in total. The van der Waals surface area contributed by atoms with Crippen molar-refractivity contribution in [3.05, 3.63) is 69.7 Å². The van der Waals surface area contributed by atoms with Crippen LogP contribution in [0.3, 0.4) is 0 Å². The molecule has 0 unspecified atom stereocenters. The molecule has 1 heterocycles. The van der Waals surface area contributed by atoms with Gasteiger partial charge in [-0.15, -0.1) is 10.2 Å². The highest BCUT2D eigenvalue weighted by molar-refractivity contribution is 7.13. The Bertz CT molecular complexity index is 1050. The summed E-state index contributed by atoms with van der Waals surface area (Å²) in [7, 11) is 1.60. The Kier molecular flexibility index (Phi) is 5.53. The van der Waals surface area contributed by atoms with Crippen LogP contribution in [0.5, 0.6) is 5.75 Å². The summed E-state index contributed by atoms with van der Waals surface area (Å²) in [6.07, 6.45) is 2.23. The smallest absolute Gasteiger partial charge is 0.286 e. The maximum atomic E-state index is 12.5. The molecule has 2 amide bonds. The van der Waals surface area contributed by atoms with Crippen LogP contribution in [0.4, 0.5) is 5.69 Å². The third-order valence-electron chi connectivity index (χ3n) is 4.58. The topological polar surface area (TPSA) is 93.2 Å². The molecule has 1 aromatic heterocycles. The monoisotopic (exact) mass is 408 g/mol. The molecule has 1 fully saturated rings. The van der Waals surface area contributed by atoms with Crippen molar-refractivity contribution in [2.75, 3.05) is 12.4 Å². The molecule has 1 aliphatic carbocycles. The van der Waals surface area contributed by atoms with E-state index in [1.807, 2.05) is 24.3 Å². The minimum atomic E-state index is -0.319. The molecule has 0 saturated heterocycles. The zero-order chi connectivity index (χ0) is 20.2. The van der Waals surface area contributed by atoms with Crippen LogP contribution in [0.1, 0.15) is 49.5 Å². The largest absolute Gasteiger partial charge is 0.496 e. The second-order valence-electron chi connectivity index (χ2n) is 6.75. The van der Waals surface area contributed by atoms with Crippen molar-refractivity contribution in [2.24, 2.45) is 0 Å². The van der Waals surface area contributed by atoms with E-state index in [0.717, 1.165) is 29.2 Å². The Morgan fingerprint density at radius 3 is 2.72 bits per heavy atom. The molecular weight excluding hydrogens is 388 g/mol. The van der Waals surface area contributed by atoms with E-state index in [2.05, 4.69) is 20.8 Å². The number of amides is 2. The van der Waals surface area contributed by atoms with Gasteiger partial charge < -0.3 is 15.4 Å². The highest BCUT2D eigenvalue weighted by atomic mass is 32.1. The SMILES string of the molecule is COc1ccccc1CNC(=O)c1cccc(NC(=O)c2nnc(C3CC3)s2)c1. The van der Waals surface area contributed by atoms with Gasteiger partial charge in [-0.1, -0.05) is 35.6 Å². The molecule has 1 aliphatic rings. The average Bonchev–Trinajstić information content (AvgIpc) is 3.48. The van der Waals surface area contributed by atoms with Crippen molar-refractivity contribution in [3.63, 3.8) is 0 Å². The summed E-state index contributed by atoms with van der Waals surface area (Å²) in [6, 6.07) is 14.3. The molecule has 8 heteroatoms. The number of hydrogen-bond acceptors (Lipinski definition) is 6. The first kappa shape index (κ1) is 19.1. The first-order chi connectivity index (χ1) is 14.1. The van der Waals surface area contributed by atoms with E-state index >= 15 is 0 Å². The maximum Gasteiger partial charge on any atom is 0.286 e. The van der Waals surface area contributed by atoms with Crippen LogP contribution in [0.2, 0.25) is 0 Å². The Morgan fingerprint density at radius 2 is 1.93 bits per heavy atom. The van der Waals surface area contributed by atoms with Crippen LogP contribution in [0, 0.1) is 0 Å². The minimum Gasteiger partial charge on any atom is -0.496 e. The second-order valence-corrected chi connectivity index (χ2v) is 7.76. The fourth-order valence-corrected chi connectivity index (χ4v) is 3.78. The predicted octanol–water partition coefficient (Wildman–Crippen LogP) is 3.61. The number of hydrogen-bond donors (Lipinski definition) is 2. The molecule has 0 atom stereocenters. The molecule has 0 aliphatic heterocycles. The lowest BCUT2D eigenvalue weighted by atomic mass is 10.1. The quantitative estimate of drug-likeness (QED) is 0.623. The van der Waals surface area contributed by atoms with Crippen LogP contribution in [0.25, 0.3) is 0 Å². The molecule has 3 aromatic rings. The normalized spacial score (nSPS) is 13.0. The van der Waals surface area contributed by atoms with Crippen molar-refractivity contribution < 1.29 is 14.3 Å². The van der Waals surface area contributed by atoms with Gasteiger partial charge >= 0.3 is 0 Å². The Labute approximate surface area is 172 Å². The van der Waals surface area contributed by atoms with Crippen LogP contribution in [0.15, 0.2) is 48.5 Å². The van der Waals surface area contributed by atoms with Crippen LogP contribution >= 0.6 is 11.3 Å². The lowest BCUT2D eigenvalue weighted by Gasteiger charge is -2.10. The summed E-state index contributed by atoms with van der Waals surface area (Å²) in [6.45, 7) is 0.341. The number of methoxy groups -OCH3 is 1. The molecule has 148 valence electrons. The van der Waals surface area contributed by atoms with E-state index in [1.165, 1.54) is 11.3 Å². The van der Waals surface area contributed by atoms with Gasteiger partial charge in [0, 0.05) is 29.3 Å². The number of anilines is 1. The van der Waals surface area contributed by atoms with Gasteiger partial charge in [-0.05, 0) is 37.1 Å². The Hall–Kier alpha value is -3.26. The number of carbonyl (C=O) groups excluding carboxylic acids is 2. The maximum absolute atomic E-state index is 12.5. The number of rotatable bonds is 7. The van der Waals surface area contributed by atoms with Crippen molar-refractivity contribution >= 4 is 28.8 Å². The fraction of sp³-hybridized carbons (Fsp3) is 0.238. The number of para-hydroxylation sites is 1. The number of aromatic nitrogens is 2. The summed E-state index contributed by atoms with van der Waals surface area (Å²) in [4.78, 5) is 24.9. The lowest BCUT2D eigenvalue weighted by Crippen LogP contribution is -2.23. The van der Waals surface area contributed by atoms with Gasteiger partial charge in [-0.3, -0.25) is 9.59 Å². The van der Waals surface area contributed by atoms with Gasteiger partial charge in [0.1, 0.15) is 10.8 Å². The summed E-state index contributed by atoms with van der Waals surface area (Å²) in [5.74, 6) is 0.626. The first-order valence-electron chi connectivity index (χ1n) is 9.29. The lowest BCUT2D eigenvalue weighted by molar-refractivity contribution is 0.0949. The number of benzene rings is 2. The number of ether oxygens (including phenoxy) is 1. The summed E-state index contributed by atoms with van der Waals surface area (Å²) >= 11 is 1.33. The minimum absolute atomic E-state index is 0.237. The highest BCUT2D eigenvalue weighted by Crippen LogP contribution is 2.41.